The van der Waals surface area contributed by atoms with Crippen molar-refractivity contribution in [3.8, 4) is 6.07 Å². The van der Waals surface area contributed by atoms with E-state index in [-0.39, 0.29) is 17.2 Å². The fourth-order valence-electron chi connectivity index (χ4n) is 1.12. The minimum Gasteiger partial charge on any atom is -0.329 e. The largest absolute Gasteiger partial charge is 0.329 e. The maximum Gasteiger partial charge on any atom is 0.168 e. The molecule has 5 nitrogen and oxygen atoms in total. The molecule has 1 atom stereocenters. The minimum absolute atomic E-state index is 0.0907. The molecule has 0 saturated heterocycles. The summed E-state index contributed by atoms with van der Waals surface area (Å²) < 4.78 is 1.80. The number of thioether (sulfide) groups is 1. The van der Waals surface area contributed by atoms with E-state index in [1.54, 1.807) is 17.0 Å². The van der Waals surface area contributed by atoms with E-state index >= 15 is 0 Å². The number of ketones is 1. The first-order valence-electron chi connectivity index (χ1n) is 4.63. The fraction of sp³-hybridized carbons (Fsp3) is 0.400. The lowest BCUT2D eigenvalue weighted by Crippen LogP contribution is -2.21. The summed E-state index contributed by atoms with van der Waals surface area (Å²) in [6.45, 7) is 1.47. The first kappa shape index (κ1) is 12.5. The zero-order valence-electron chi connectivity index (χ0n) is 9.10. The van der Waals surface area contributed by atoms with Gasteiger partial charge in [-0.25, -0.2) is 4.98 Å². The number of Topliss-reactive ketones (excluding diaryl/α,β-unsaturated/α-hetero) is 1. The number of hydrogen-bond acceptors (Lipinski definition) is 5. The van der Waals surface area contributed by atoms with Crippen molar-refractivity contribution < 1.29 is 4.79 Å². The standard InChI is InChI=1S/C10H12N4OS/c1-7(12)8(5-11)9(15)6-16-10-13-3-4-14(10)2/h3-4,8,12H,6H2,1-2H3. The zero-order valence-corrected chi connectivity index (χ0v) is 9.91. The highest BCUT2D eigenvalue weighted by Crippen LogP contribution is 2.16. The van der Waals surface area contributed by atoms with Crippen molar-refractivity contribution in [3.63, 3.8) is 0 Å². The summed E-state index contributed by atoms with van der Waals surface area (Å²) in [6, 6.07) is 1.83. The van der Waals surface area contributed by atoms with Gasteiger partial charge in [0.15, 0.2) is 10.9 Å². The topological polar surface area (TPSA) is 82.5 Å². The van der Waals surface area contributed by atoms with Gasteiger partial charge in [0.05, 0.1) is 11.8 Å². The van der Waals surface area contributed by atoms with Gasteiger partial charge in [-0.2, -0.15) is 5.26 Å². The summed E-state index contributed by atoms with van der Waals surface area (Å²) in [5.74, 6) is -1.00. The normalized spacial score (nSPS) is 11.8. The monoisotopic (exact) mass is 236 g/mol. The van der Waals surface area contributed by atoms with E-state index < -0.39 is 5.92 Å². The van der Waals surface area contributed by atoms with Gasteiger partial charge in [-0.3, -0.25) is 4.79 Å². The SMILES string of the molecule is CC(=N)C(C#N)C(=O)CSc1nccn1C. The lowest BCUT2D eigenvalue weighted by atomic mass is 10.0. The molecule has 0 fully saturated rings. The number of nitrogens with one attached hydrogen (secondary N) is 1. The quantitative estimate of drug-likeness (QED) is 0.616. The average molecular weight is 236 g/mol. The first-order valence-corrected chi connectivity index (χ1v) is 5.62. The molecule has 1 aromatic rings. The summed E-state index contributed by atoms with van der Waals surface area (Å²) in [4.78, 5) is 15.7. The van der Waals surface area contributed by atoms with E-state index in [0.29, 0.717) is 0 Å². The summed E-state index contributed by atoms with van der Waals surface area (Å²) >= 11 is 1.28. The van der Waals surface area contributed by atoms with Gasteiger partial charge >= 0.3 is 0 Å². The third-order valence-corrected chi connectivity index (χ3v) is 3.09. The maximum atomic E-state index is 11.6. The van der Waals surface area contributed by atoms with Gasteiger partial charge < -0.3 is 9.98 Å². The average Bonchev–Trinajstić information content (AvgIpc) is 2.61. The van der Waals surface area contributed by atoms with Crippen LogP contribution >= 0.6 is 11.8 Å². The van der Waals surface area contributed by atoms with Crippen LogP contribution in [0.5, 0.6) is 0 Å². The number of aryl methyl sites for hydroxylation is 1. The lowest BCUT2D eigenvalue weighted by molar-refractivity contribution is -0.117. The molecule has 1 unspecified atom stereocenters. The van der Waals surface area contributed by atoms with Crippen LogP contribution in [0, 0.1) is 22.7 Å². The van der Waals surface area contributed by atoms with Crippen molar-refractivity contribution in [2.24, 2.45) is 13.0 Å². The highest BCUT2D eigenvalue weighted by atomic mass is 32.2. The second-order valence-corrected chi connectivity index (χ2v) is 4.26. The highest BCUT2D eigenvalue weighted by Gasteiger charge is 2.20. The van der Waals surface area contributed by atoms with Crippen molar-refractivity contribution in [1.29, 1.82) is 10.7 Å². The van der Waals surface area contributed by atoms with Crippen LogP contribution in [-0.4, -0.2) is 26.8 Å². The minimum atomic E-state index is -0.923. The number of rotatable bonds is 5. The van der Waals surface area contributed by atoms with Crippen molar-refractivity contribution in [3.05, 3.63) is 12.4 Å². The highest BCUT2D eigenvalue weighted by molar-refractivity contribution is 7.99. The number of nitrogens with zero attached hydrogens (tertiary/aromatic N) is 3. The Morgan fingerprint density at radius 2 is 2.50 bits per heavy atom. The molecule has 16 heavy (non-hydrogen) atoms. The smallest absolute Gasteiger partial charge is 0.168 e. The van der Waals surface area contributed by atoms with Crippen LogP contribution in [0.15, 0.2) is 17.6 Å². The van der Waals surface area contributed by atoms with E-state index in [9.17, 15) is 4.79 Å². The third-order valence-electron chi connectivity index (χ3n) is 2.00. The Bertz CT molecular complexity index is 446. The molecule has 1 heterocycles. The van der Waals surface area contributed by atoms with Gasteiger partial charge in [-0.15, -0.1) is 0 Å². The molecule has 0 saturated carbocycles. The van der Waals surface area contributed by atoms with Crippen LogP contribution in [-0.2, 0) is 11.8 Å². The molecular weight excluding hydrogens is 224 g/mol. The number of carbonyl (C=O) groups is 1. The van der Waals surface area contributed by atoms with Crippen LogP contribution in [0.2, 0.25) is 0 Å². The molecule has 0 amide bonds. The molecule has 0 aliphatic heterocycles. The van der Waals surface area contributed by atoms with Crippen molar-refractivity contribution in [2.45, 2.75) is 12.1 Å². The van der Waals surface area contributed by atoms with Crippen LogP contribution in [0.1, 0.15) is 6.92 Å². The van der Waals surface area contributed by atoms with Crippen LogP contribution in [0.4, 0.5) is 0 Å². The second-order valence-electron chi connectivity index (χ2n) is 3.32. The van der Waals surface area contributed by atoms with E-state index in [1.165, 1.54) is 18.7 Å². The van der Waals surface area contributed by atoms with Crippen molar-refractivity contribution in [2.75, 3.05) is 5.75 Å². The Morgan fingerprint density at radius 1 is 1.81 bits per heavy atom. The van der Waals surface area contributed by atoms with Gasteiger partial charge in [0, 0.05) is 25.2 Å². The molecule has 1 N–H and O–H groups in total. The van der Waals surface area contributed by atoms with Gasteiger partial charge in [-0.1, -0.05) is 11.8 Å². The molecule has 0 radical (unpaired) electrons. The van der Waals surface area contributed by atoms with E-state index in [1.807, 2.05) is 13.1 Å². The first-order chi connectivity index (χ1) is 7.56. The summed E-state index contributed by atoms with van der Waals surface area (Å²) in [5, 5.41) is 16.8. The Balaban J connectivity index is 2.57. The van der Waals surface area contributed by atoms with Gasteiger partial charge in [0.25, 0.3) is 0 Å². The molecule has 1 aromatic heterocycles. The Morgan fingerprint density at radius 3 is 2.94 bits per heavy atom. The van der Waals surface area contributed by atoms with E-state index in [0.717, 1.165) is 5.16 Å². The summed E-state index contributed by atoms with van der Waals surface area (Å²) in [5.41, 5.74) is 0.0907. The predicted octanol–water partition coefficient (Wildman–Crippen LogP) is 1.26. The number of aromatic nitrogens is 2. The van der Waals surface area contributed by atoms with E-state index in [2.05, 4.69) is 4.98 Å². The van der Waals surface area contributed by atoms with Gasteiger partial charge in [-0.05, 0) is 6.92 Å². The molecule has 0 aliphatic carbocycles. The van der Waals surface area contributed by atoms with Crippen LogP contribution in [0.25, 0.3) is 0 Å². The van der Waals surface area contributed by atoms with Crippen LogP contribution in [0.3, 0.4) is 0 Å². The molecule has 0 bridgehead atoms. The summed E-state index contributed by atoms with van der Waals surface area (Å²) in [6.07, 6.45) is 3.44. The van der Waals surface area contributed by atoms with Gasteiger partial charge in [0.1, 0.15) is 5.92 Å². The molecular formula is C10H12N4OS. The molecule has 84 valence electrons. The molecule has 6 heteroatoms. The number of imidazole rings is 1. The number of hydrogen-bond donors (Lipinski definition) is 1. The Kier molecular flexibility index (Phi) is 4.26. The van der Waals surface area contributed by atoms with Crippen LogP contribution < -0.4 is 0 Å². The zero-order chi connectivity index (χ0) is 12.1. The molecule has 0 spiro atoms. The summed E-state index contributed by atoms with van der Waals surface area (Å²) in [7, 11) is 1.84. The van der Waals surface area contributed by atoms with E-state index in [4.69, 9.17) is 10.7 Å². The second kappa shape index (κ2) is 5.47. The Labute approximate surface area is 98.0 Å². The lowest BCUT2D eigenvalue weighted by Gasteiger charge is -2.05. The third kappa shape index (κ3) is 2.94. The fourth-order valence-corrected chi connectivity index (χ4v) is 1.96. The number of nitriles is 1. The van der Waals surface area contributed by atoms with Crippen molar-refractivity contribution in [1.82, 2.24) is 9.55 Å². The Hall–Kier alpha value is -1.61. The van der Waals surface area contributed by atoms with Crippen molar-refractivity contribution >= 4 is 23.3 Å². The molecule has 1 rings (SSSR count). The predicted molar refractivity (Wildman–Crippen MR) is 61.4 cm³/mol. The van der Waals surface area contributed by atoms with Gasteiger partial charge in [0.2, 0.25) is 0 Å². The molecule has 0 aromatic carbocycles. The number of carbonyl (C=O) groups excluding carboxylic acids is 1. The maximum absolute atomic E-state index is 11.6. The molecule has 0 aliphatic rings.